The van der Waals surface area contributed by atoms with Gasteiger partial charge in [0.1, 0.15) is 0 Å². The second-order valence-corrected chi connectivity index (χ2v) is 4.38. The van der Waals surface area contributed by atoms with E-state index in [1.165, 1.54) is 19.5 Å². The third kappa shape index (κ3) is 4.34. The van der Waals surface area contributed by atoms with Crippen LogP contribution in [0.3, 0.4) is 0 Å². The lowest BCUT2D eigenvalue weighted by Gasteiger charge is -2.15. The third-order valence-electron chi connectivity index (χ3n) is 2.71. The van der Waals surface area contributed by atoms with Crippen molar-refractivity contribution in [2.75, 3.05) is 19.6 Å². The number of aliphatic hydroxyl groups excluding tert-OH is 1. The lowest BCUT2D eigenvalue weighted by Crippen LogP contribution is -2.22. The van der Waals surface area contributed by atoms with E-state index >= 15 is 0 Å². The largest absolute Gasteiger partial charge is 0.513 e. The fraction of sp³-hybridized carbons (Fsp3) is 0.538. The van der Waals surface area contributed by atoms with E-state index in [-0.39, 0.29) is 0 Å². The Balaban J connectivity index is 2.50. The highest BCUT2D eigenvalue weighted by Crippen LogP contribution is 2.16. The second kappa shape index (κ2) is 5.76. The van der Waals surface area contributed by atoms with Gasteiger partial charge in [-0.25, -0.2) is 0 Å². The van der Waals surface area contributed by atoms with Gasteiger partial charge in [0.2, 0.25) is 0 Å². The van der Waals surface area contributed by atoms with Crippen LogP contribution in [-0.2, 0) is 0 Å². The molecular formula is C13H21NO. The Kier molecular flexibility index (Phi) is 4.63. The molecule has 15 heavy (non-hydrogen) atoms. The number of hydrogen-bond donors (Lipinski definition) is 1. The fourth-order valence-electron chi connectivity index (χ4n) is 1.84. The molecule has 1 saturated heterocycles. The molecule has 0 aromatic rings. The van der Waals surface area contributed by atoms with E-state index in [1.54, 1.807) is 13.0 Å². The minimum absolute atomic E-state index is 0.337. The topological polar surface area (TPSA) is 23.5 Å². The van der Waals surface area contributed by atoms with Crippen LogP contribution in [0.5, 0.6) is 0 Å². The third-order valence-corrected chi connectivity index (χ3v) is 2.71. The van der Waals surface area contributed by atoms with Gasteiger partial charge in [-0.1, -0.05) is 25.7 Å². The number of rotatable bonds is 4. The molecule has 84 valence electrons. The minimum Gasteiger partial charge on any atom is -0.513 e. The Bertz CT molecular complexity index is 274. The first-order valence-corrected chi connectivity index (χ1v) is 5.53. The number of likely N-dealkylation sites (tertiary alicyclic amines) is 1. The average molecular weight is 207 g/mol. The molecule has 2 nitrogen and oxygen atoms in total. The molecule has 2 heteroatoms. The van der Waals surface area contributed by atoms with Crippen LogP contribution in [0.15, 0.2) is 36.1 Å². The van der Waals surface area contributed by atoms with Gasteiger partial charge in [0, 0.05) is 13.1 Å². The molecular weight excluding hydrogens is 186 g/mol. The Hall–Kier alpha value is -1.02. The van der Waals surface area contributed by atoms with Gasteiger partial charge in [-0.05, 0) is 37.5 Å². The van der Waals surface area contributed by atoms with Crippen molar-refractivity contribution in [3.8, 4) is 0 Å². The monoisotopic (exact) mass is 207 g/mol. The number of hydrogen-bond acceptors (Lipinski definition) is 2. The molecule has 0 bridgehead atoms. The van der Waals surface area contributed by atoms with Crippen LogP contribution in [-0.4, -0.2) is 29.6 Å². The first-order valence-electron chi connectivity index (χ1n) is 5.53. The van der Waals surface area contributed by atoms with Crippen molar-refractivity contribution in [3.05, 3.63) is 36.1 Å². The van der Waals surface area contributed by atoms with Crippen molar-refractivity contribution in [2.24, 2.45) is 5.92 Å². The van der Waals surface area contributed by atoms with E-state index in [0.29, 0.717) is 5.76 Å². The molecule has 1 fully saturated rings. The van der Waals surface area contributed by atoms with Gasteiger partial charge in [-0.2, -0.15) is 0 Å². The van der Waals surface area contributed by atoms with Crippen molar-refractivity contribution in [1.82, 2.24) is 4.90 Å². The summed E-state index contributed by atoms with van der Waals surface area (Å²) in [5.41, 5.74) is 1.16. The van der Waals surface area contributed by atoms with Gasteiger partial charge >= 0.3 is 0 Å². The Morgan fingerprint density at radius 3 is 2.73 bits per heavy atom. The Morgan fingerprint density at radius 1 is 1.53 bits per heavy atom. The van der Waals surface area contributed by atoms with Crippen LogP contribution in [0, 0.1) is 5.92 Å². The summed E-state index contributed by atoms with van der Waals surface area (Å²) in [5.74, 6) is 1.15. The zero-order chi connectivity index (χ0) is 11.3. The molecule has 1 rings (SSSR count). The Morgan fingerprint density at radius 2 is 2.27 bits per heavy atom. The molecule has 1 atom stereocenters. The van der Waals surface area contributed by atoms with Gasteiger partial charge in [-0.15, -0.1) is 0 Å². The van der Waals surface area contributed by atoms with Crippen molar-refractivity contribution >= 4 is 0 Å². The van der Waals surface area contributed by atoms with Gasteiger partial charge in [-0.3, -0.25) is 4.90 Å². The molecule has 1 N–H and O–H groups in total. The number of allylic oxidation sites excluding steroid dienone is 3. The molecule has 0 amide bonds. The van der Waals surface area contributed by atoms with Crippen LogP contribution < -0.4 is 0 Å². The maximum Gasteiger partial charge on any atom is 0.0891 e. The van der Waals surface area contributed by atoms with Crippen LogP contribution in [0.2, 0.25) is 0 Å². The number of aliphatic hydroxyl groups is 1. The predicted molar refractivity (Wildman–Crippen MR) is 64.9 cm³/mol. The molecule has 0 aromatic carbocycles. The summed E-state index contributed by atoms with van der Waals surface area (Å²) in [6, 6.07) is 0. The summed E-state index contributed by atoms with van der Waals surface area (Å²) < 4.78 is 0. The van der Waals surface area contributed by atoms with Gasteiger partial charge < -0.3 is 5.11 Å². The van der Waals surface area contributed by atoms with Crippen LogP contribution in [0.4, 0.5) is 0 Å². The highest BCUT2D eigenvalue weighted by atomic mass is 16.3. The second-order valence-electron chi connectivity index (χ2n) is 4.38. The van der Waals surface area contributed by atoms with E-state index in [4.69, 9.17) is 5.11 Å². The summed E-state index contributed by atoms with van der Waals surface area (Å²) in [4.78, 5) is 2.43. The Labute approximate surface area is 92.6 Å². The lowest BCUT2D eigenvalue weighted by molar-refractivity contribution is 0.358. The molecule has 1 heterocycles. The maximum atomic E-state index is 9.07. The van der Waals surface area contributed by atoms with E-state index < -0.39 is 0 Å². The zero-order valence-corrected chi connectivity index (χ0v) is 9.74. The summed E-state index contributed by atoms with van der Waals surface area (Å²) in [6.07, 6.45) is 6.81. The van der Waals surface area contributed by atoms with Gasteiger partial charge in [0.05, 0.1) is 5.76 Å². The highest BCUT2D eigenvalue weighted by molar-refractivity contribution is 5.24. The summed E-state index contributed by atoms with van der Waals surface area (Å²) >= 11 is 0. The van der Waals surface area contributed by atoms with E-state index in [9.17, 15) is 0 Å². The molecule has 1 aliphatic heterocycles. The molecule has 0 spiro atoms. The van der Waals surface area contributed by atoms with E-state index in [0.717, 1.165) is 18.0 Å². The maximum absolute atomic E-state index is 9.07. The van der Waals surface area contributed by atoms with E-state index in [2.05, 4.69) is 18.4 Å². The standard InChI is InChI=1S/C13H21NO/c1-4-13(6-5-12(3)15)10-14-8-7-11(2)9-14/h4-6,11,15H,1,7-10H2,2-3H3/b12-5+,13-6+. The van der Waals surface area contributed by atoms with Crippen LogP contribution >= 0.6 is 0 Å². The van der Waals surface area contributed by atoms with Crippen molar-refractivity contribution in [1.29, 1.82) is 0 Å². The average Bonchev–Trinajstić information content (AvgIpc) is 2.58. The smallest absolute Gasteiger partial charge is 0.0891 e. The molecule has 1 unspecified atom stereocenters. The van der Waals surface area contributed by atoms with Crippen LogP contribution in [0.1, 0.15) is 20.3 Å². The van der Waals surface area contributed by atoms with Crippen molar-refractivity contribution in [3.63, 3.8) is 0 Å². The molecule has 0 radical (unpaired) electrons. The summed E-state index contributed by atoms with van der Waals surface area (Å²) in [5, 5.41) is 9.07. The number of nitrogens with zero attached hydrogens (tertiary/aromatic N) is 1. The molecule has 1 aliphatic rings. The predicted octanol–water partition coefficient (Wildman–Crippen LogP) is 2.90. The normalized spacial score (nSPS) is 24.5. The first kappa shape index (κ1) is 12.1. The van der Waals surface area contributed by atoms with Crippen LogP contribution in [0.25, 0.3) is 0 Å². The summed E-state index contributed by atoms with van der Waals surface area (Å²) in [7, 11) is 0. The quantitative estimate of drug-likeness (QED) is 0.566. The van der Waals surface area contributed by atoms with Crippen molar-refractivity contribution < 1.29 is 5.11 Å². The molecule has 0 aromatic heterocycles. The first-order chi connectivity index (χ1) is 7.11. The zero-order valence-electron chi connectivity index (χ0n) is 9.74. The summed E-state index contributed by atoms with van der Waals surface area (Å²) in [6.45, 7) is 11.0. The van der Waals surface area contributed by atoms with Gasteiger partial charge in [0.25, 0.3) is 0 Å². The van der Waals surface area contributed by atoms with Crippen molar-refractivity contribution in [2.45, 2.75) is 20.3 Å². The van der Waals surface area contributed by atoms with Gasteiger partial charge in [0.15, 0.2) is 0 Å². The SMILES string of the molecule is C=C/C(=C\C=C(/C)O)CN1CCC(C)C1. The lowest BCUT2D eigenvalue weighted by atomic mass is 10.2. The van der Waals surface area contributed by atoms with E-state index in [1.807, 2.05) is 12.2 Å². The molecule has 0 aliphatic carbocycles. The highest BCUT2D eigenvalue weighted by Gasteiger charge is 2.18. The molecule has 0 saturated carbocycles. The minimum atomic E-state index is 0.337. The fourth-order valence-corrected chi connectivity index (χ4v) is 1.84.